The van der Waals surface area contributed by atoms with Gasteiger partial charge in [-0.15, -0.1) is 0 Å². The normalized spacial score (nSPS) is 11.4. The Kier molecular flexibility index (Phi) is 4.95. The number of ketones is 1. The first-order chi connectivity index (χ1) is 9.97. The minimum Gasteiger partial charge on any atom is -0.508 e. The summed E-state index contributed by atoms with van der Waals surface area (Å²) in [4.78, 5) is 16.3. The molecule has 0 aliphatic carbocycles. The number of carbonyl (C=O) groups is 1. The molecular weight excluding hydrogens is 381 g/mol. The monoisotopic (exact) mass is 395 g/mol. The number of hydrogen-bond acceptors (Lipinski definition) is 4. The predicted octanol–water partition coefficient (Wildman–Crippen LogP) is 3.39. The number of hydrogen-bond donors (Lipinski definition) is 2. The number of nitrogens with zero attached hydrogens (tertiary/aromatic N) is 1. The molecule has 0 spiro atoms. The van der Waals surface area contributed by atoms with Crippen LogP contribution in [0.2, 0.25) is 0 Å². The molecule has 0 unspecified atom stereocenters. The van der Waals surface area contributed by atoms with Crippen molar-refractivity contribution in [3.8, 4) is 11.5 Å². The maximum absolute atomic E-state index is 12.1. The quantitative estimate of drug-likeness (QED) is 0.474. The summed E-state index contributed by atoms with van der Waals surface area (Å²) in [6.45, 7) is 1.74. The molecule has 2 rings (SSSR count). The van der Waals surface area contributed by atoms with E-state index in [0.717, 1.165) is 3.57 Å². The molecule has 2 N–H and O–H groups in total. The second kappa shape index (κ2) is 6.71. The number of phenols is 2. The molecule has 0 saturated heterocycles. The molecule has 0 aromatic heterocycles. The molecule has 0 aliphatic heterocycles. The van der Waals surface area contributed by atoms with Crippen molar-refractivity contribution in [1.29, 1.82) is 0 Å². The summed E-state index contributed by atoms with van der Waals surface area (Å²) in [5, 5.41) is 19.0. The molecule has 21 heavy (non-hydrogen) atoms. The number of aliphatic imine (C=N–C) groups is 1. The Hall–Kier alpha value is -1.89. The van der Waals surface area contributed by atoms with Gasteiger partial charge >= 0.3 is 0 Å². The summed E-state index contributed by atoms with van der Waals surface area (Å²) in [6, 6.07) is 11.6. The van der Waals surface area contributed by atoms with Crippen LogP contribution in [0, 0.1) is 3.57 Å². The van der Waals surface area contributed by atoms with E-state index in [9.17, 15) is 15.0 Å². The Morgan fingerprint density at radius 3 is 2.62 bits per heavy atom. The fraction of sp³-hybridized carbons (Fsp3) is 0.125. The predicted molar refractivity (Wildman–Crippen MR) is 90.3 cm³/mol. The first-order valence-electron chi connectivity index (χ1n) is 6.29. The molecule has 0 heterocycles. The number of Topliss-reactive ketones (excluding diaryl/α,β-unsaturated/α-hetero) is 1. The van der Waals surface area contributed by atoms with E-state index >= 15 is 0 Å². The highest BCUT2D eigenvalue weighted by Gasteiger charge is 2.08. The van der Waals surface area contributed by atoms with Crippen molar-refractivity contribution in [2.45, 2.75) is 6.92 Å². The summed E-state index contributed by atoms with van der Waals surface area (Å²) in [7, 11) is 0. The molecule has 2 aromatic carbocycles. The van der Waals surface area contributed by atoms with E-state index in [0.29, 0.717) is 16.8 Å². The van der Waals surface area contributed by atoms with Gasteiger partial charge in [0.25, 0.3) is 0 Å². The third-order valence-electron chi connectivity index (χ3n) is 2.98. The van der Waals surface area contributed by atoms with Crippen LogP contribution in [0.5, 0.6) is 11.5 Å². The van der Waals surface area contributed by atoms with Crippen LogP contribution in [-0.4, -0.2) is 28.3 Å². The van der Waals surface area contributed by atoms with Crippen molar-refractivity contribution < 1.29 is 15.0 Å². The largest absolute Gasteiger partial charge is 0.508 e. The lowest BCUT2D eigenvalue weighted by Crippen LogP contribution is -2.06. The fourth-order valence-corrected chi connectivity index (χ4v) is 2.40. The first kappa shape index (κ1) is 15.5. The Labute approximate surface area is 136 Å². The maximum atomic E-state index is 12.1. The van der Waals surface area contributed by atoms with Gasteiger partial charge in [0.05, 0.1) is 0 Å². The molecule has 108 valence electrons. The number of benzene rings is 2. The first-order valence-corrected chi connectivity index (χ1v) is 7.37. The molecule has 5 heteroatoms. The zero-order chi connectivity index (χ0) is 15.4. The zero-order valence-corrected chi connectivity index (χ0v) is 13.5. The number of halogens is 1. The van der Waals surface area contributed by atoms with E-state index in [2.05, 4.69) is 27.6 Å². The summed E-state index contributed by atoms with van der Waals surface area (Å²) in [5.41, 5.74) is 1.67. The number of phenolic OH excluding ortho intramolecular Hbond substituents is 2. The Morgan fingerprint density at radius 1 is 1.19 bits per heavy atom. The minimum atomic E-state index is -0.0777. The van der Waals surface area contributed by atoms with Gasteiger partial charge in [0.2, 0.25) is 0 Å². The maximum Gasteiger partial charge on any atom is 0.184 e. The van der Waals surface area contributed by atoms with Crippen LogP contribution < -0.4 is 0 Å². The SMILES string of the molecule is CC(=NCC(=O)c1cccc(I)c1)c1ccc(O)cc1O. The Bertz CT molecular complexity index is 710. The summed E-state index contributed by atoms with van der Waals surface area (Å²) < 4.78 is 0.996. The molecular formula is C16H14INO3. The molecule has 0 radical (unpaired) electrons. The van der Waals surface area contributed by atoms with Crippen molar-refractivity contribution in [3.05, 3.63) is 57.2 Å². The average molecular weight is 395 g/mol. The van der Waals surface area contributed by atoms with Gasteiger partial charge in [-0.1, -0.05) is 12.1 Å². The third kappa shape index (κ3) is 4.04. The van der Waals surface area contributed by atoms with Crippen molar-refractivity contribution in [1.82, 2.24) is 0 Å². The van der Waals surface area contributed by atoms with Crippen molar-refractivity contribution in [2.24, 2.45) is 4.99 Å². The van der Waals surface area contributed by atoms with E-state index in [1.165, 1.54) is 12.1 Å². The molecule has 2 aromatic rings. The van der Waals surface area contributed by atoms with E-state index < -0.39 is 0 Å². The van der Waals surface area contributed by atoms with Gasteiger partial charge in [-0.2, -0.15) is 0 Å². The number of carbonyl (C=O) groups excluding carboxylic acids is 1. The van der Waals surface area contributed by atoms with E-state index in [4.69, 9.17) is 0 Å². The highest BCUT2D eigenvalue weighted by atomic mass is 127. The minimum absolute atomic E-state index is 0.0148. The standard InChI is InChI=1S/C16H14INO3/c1-10(14-6-5-13(19)8-15(14)20)18-9-16(21)11-3-2-4-12(17)7-11/h2-8,19-20H,9H2,1H3. The van der Waals surface area contributed by atoms with E-state index in [1.807, 2.05) is 18.2 Å². The van der Waals surface area contributed by atoms with Crippen molar-refractivity contribution in [2.75, 3.05) is 6.54 Å². The van der Waals surface area contributed by atoms with Gasteiger partial charge in [0.15, 0.2) is 5.78 Å². The fourth-order valence-electron chi connectivity index (χ4n) is 1.85. The highest BCUT2D eigenvalue weighted by molar-refractivity contribution is 14.1. The highest BCUT2D eigenvalue weighted by Crippen LogP contribution is 2.23. The van der Waals surface area contributed by atoms with Gasteiger partial charge in [0, 0.05) is 26.5 Å². The average Bonchev–Trinajstić information content (AvgIpc) is 2.44. The summed E-state index contributed by atoms with van der Waals surface area (Å²) in [5.74, 6) is -0.150. The molecule has 4 nitrogen and oxygen atoms in total. The topological polar surface area (TPSA) is 69.9 Å². The van der Waals surface area contributed by atoms with E-state index in [-0.39, 0.29) is 23.8 Å². The third-order valence-corrected chi connectivity index (χ3v) is 3.65. The van der Waals surface area contributed by atoms with Crippen molar-refractivity contribution >= 4 is 34.1 Å². The summed E-state index contributed by atoms with van der Waals surface area (Å²) >= 11 is 2.15. The summed E-state index contributed by atoms with van der Waals surface area (Å²) in [6.07, 6.45) is 0. The van der Waals surface area contributed by atoms with Crippen LogP contribution in [-0.2, 0) is 0 Å². The van der Waals surface area contributed by atoms with Crippen LogP contribution in [0.4, 0.5) is 0 Å². The molecule has 0 fully saturated rings. The molecule has 0 amide bonds. The smallest absolute Gasteiger partial charge is 0.184 e. The Balaban J connectivity index is 2.15. The molecule has 0 aliphatic rings. The van der Waals surface area contributed by atoms with Gasteiger partial charge in [-0.25, -0.2) is 0 Å². The number of rotatable bonds is 4. The number of aromatic hydroxyl groups is 2. The second-order valence-corrected chi connectivity index (χ2v) is 5.78. The van der Waals surface area contributed by atoms with Crippen LogP contribution in [0.15, 0.2) is 47.5 Å². The Morgan fingerprint density at radius 2 is 1.95 bits per heavy atom. The van der Waals surface area contributed by atoms with Crippen molar-refractivity contribution in [3.63, 3.8) is 0 Å². The van der Waals surface area contributed by atoms with Crippen LogP contribution in [0.3, 0.4) is 0 Å². The van der Waals surface area contributed by atoms with Gasteiger partial charge in [0.1, 0.15) is 18.0 Å². The lowest BCUT2D eigenvalue weighted by atomic mass is 10.1. The molecule has 0 atom stereocenters. The van der Waals surface area contributed by atoms with Crippen LogP contribution >= 0.6 is 22.6 Å². The van der Waals surface area contributed by atoms with Gasteiger partial charge in [-0.05, 0) is 53.8 Å². The lowest BCUT2D eigenvalue weighted by molar-refractivity contribution is 0.100. The van der Waals surface area contributed by atoms with Crippen LogP contribution in [0.25, 0.3) is 0 Å². The molecule has 0 saturated carbocycles. The zero-order valence-electron chi connectivity index (χ0n) is 11.4. The molecule has 0 bridgehead atoms. The van der Waals surface area contributed by atoms with Gasteiger partial charge in [-0.3, -0.25) is 9.79 Å². The second-order valence-electron chi connectivity index (χ2n) is 4.54. The van der Waals surface area contributed by atoms with Gasteiger partial charge < -0.3 is 10.2 Å². The lowest BCUT2D eigenvalue weighted by Gasteiger charge is -2.05. The van der Waals surface area contributed by atoms with E-state index in [1.54, 1.807) is 19.1 Å². The van der Waals surface area contributed by atoms with Crippen LogP contribution in [0.1, 0.15) is 22.8 Å².